The highest BCUT2D eigenvalue weighted by Gasteiger charge is 2.25. The minimum atomic E-state index is -0.0640. The van der Waals surface area contributed by atoms with Crippen LogP contribution in [0.15, 0.2) is 18.2 Å². The largest absolute Gasteiger partial charge is 0.398 e. The SMILES string of the molecule is CCC(CC1CC1)NC(=O)c1ccc(Cl)c(N)c1. The number of nitrogen functional groups attached to an aromatic ring is 1. The first-order chi connectivity index (χ1) is 8.60. The minimum absolute atomic E-state index is 0.0640. The fourth-order valence-corrected chi connectivity index (χ4v) is 2.15. The summed E-state index contributed by atoms with van der Waals surface area (Å²) in [6.45, 7) is 2.10. The second kappa shape index (κ2) is 5.61. The Hall–Kier alpha value is -1.22. The van der Waals surface area contributed by atoms with Crippen molar-refractivity contribution in [1.29, 1.82) is 0 Å². The lowest BCUT2D eigenvalue weighted by atomic mass is 10.1. The molecule has 4 heteroatoms. The molecule has 0 heterocycles. The molecule has 1 unspecified atom stereocenters. The van der Waals surface area contributed by atoms with Crippen molar-refractivity contribution in [2.75, 3.05) is 5.73 Å². The van der Waals surface area contributed by atoms with Crippen molar-refractivity contribution in [1.82, 2.24) is 5.32 Å². The summed E-state index contributed by atoms with van der Waals surface area (Å²) in [5.41, 5.74) is 6.72. The number of anilines is 1. The van der Waals surface area contributed by atoms with Crippen molar-refractivity contribution in [2.45, 2.75) is 38.6 Å². The summed E-state index contributed by atoms with van der Waals surface area (Å²) in [5, 5.41) is 3.55. The Morgan fingerprint density at radius 2 is 2.28 bits per heavy atom. The van der Waals surface area contributed by atoms with Gasteiger partial charge in [0.25, 0.3) is 5.91 Å². The van der Waals surface area contributed by atoms with Gasteiger partial charge in [0.15, 0.2) is 0 Å². The molecule has 1 atom stereocenters. The lowest BCUT2D eigenvalue weighted by Gasteiger charge is -2.16. The van der Waals surface area contributed by atoms with Gasteiger partial charge in [0, 0.05) is 11.6 Å². The predicted molar refractivity (Wildman–Crippen MR) is 74.8 cm³/mol. The number of hydrogen-bond donors (Lipinski definition) is 2. The first kappa shape index (κ1) is 13.2. The average molecular weight is 267 g/mol. The molecule has 0 aliphatic heterocycles. The summed E-state index contributed by atoms with van der Waals surface area (Å²) >= 11 is 5.84. The number of amides is 1. The maximum Gasteiger partial charge on any atom is 0.251 e. The Balaban J connectivity index is 1.98. The van der Waals surface area contributed by atoms with E-state index >= 15 is 0 Å². The highest BCUT2D eigenvalue weighted by molar-refractivity contribution is 6.33. The van der Waals surface area contributed by atoms with Crippen molar-refractivity contribution in [3.8, 4) is 0 Å². The Morgan fingerprint density at radius 1 is 1.56 bits per heavy atom. The average Bonchev–Trinajstić information content (AvgIpc) is 3.15. The van der Waals surface area contributed by atoms with E-state index in [1.54, 1.807) is 18.2 Å². The molecule has 0 aromatic heterocycles. The summed E-state index contributed by atoms with van der Waals surface area (Å²) in [7, 11) is 0. The van der Waals surface area contributed by atoms with Gasteiger partial charge in [0.2, 0.25) is 0 Å². The van der Waals surface area contributed by atoms with Gasteiger partial charge >= 0.3 is 0 Å². The van der Waals surface area contributed by atoms with Crippen LogP contribution in [-0.4, -0.2) is 11.9 Å². The molecule has 0 spiro atoms. The Bertz CT molecular complexity index is 443. The molecule has 18 heavy (non-hydrogen) atoms. The molecule has 0 bridgehead atoms. The Morgan fingerprint density at radius 3 is 2.83 bits per heavy atom. The zero-order valence-electron chi connectivity index (χ0n) is 10.6. The molecule has 1 aliphatic carbocycles. The fraction of sp³-hybridized carbons (Fsp3) is 0.500. The molecule has 3 N–H and O–H groups in total. The number of hydrogen-bond acceptors (Lipinski definition) is 2. The highest BCUT2D eigenvalue weighted by Crippen LogP contribution is 2.34. The third-order valence-corrected chi connectivity index (χ3v) is 3.75. The van der Waals surface area contributed by atoms with Crippen LogP contribution in [0.1, 0.15) is 43.0 Å². The van der Waals surface area contributed by atoms with Crippen molar-refractivity contribution in [2.24, 2.45) is 5.92 Å². The lowest BCUT2D eigenvalue weighted by molar-refractivity contribution is 0.0932. The van der Waals surface area contributed by atoms with E-state index in [0.717, 1.165) is 18.8 Å². The van der Waals surface area contributed by atoms with Crippen molar-refractivity contribution < 1.29 is 4.79 Å². The fourth-order valence-electron chi connectivity index (χ4n) is 2.04. The zero-order valence-corrected chi connectivity index (χ0v) is 11.3. The monoisotopic (exact) mass is 266 g/mol. The third kappa shape index (κ3) is 3.39. The molecule has 0 radical (unpaired) electrons. The zero-order chi connectivity index (χ0) is 13.1. The molecule has 1 aliphatic rings. The molecular formula is C14H19ClN2O. The normalized spacial score (nSPS) is 16.3. The molecule has 98 valence electrons. The number of carbonyl (C=O) groups excluding carboxylic acids is 1. The van der Waals surface area contributed by atoms with Crippen molar-refractivity contribution in [3.63, 3.8) is 0 Å². The number of carbonyl (C=O) groups is 1. The second-order valence-corrected chi connectivity index (χ2v) is 5.40. The van der Waals surface area contributed by atoms with Crippen LogP contribution >= 0.6 is 11.6 Å². The summed E-state index contributed by atoms with van der Waals surface area (Å²) in [6, 6.07) is 5.26. The quantitative estimate of drug-likeness (QED) is 0.804. The number of nitrogens with two attached hydrogens (primary N) is 1. The van der Waals surface area contributed by atoms with Crippen LogP contribution in [0.25, 0.3) is 0 Å². The van der Waals surface area contributed by atoms with Crippen molar-refractivity contribution >= 4 is 23.2 Å². The van der Waals surface area contributed by atoms with Crippen LogP contribution in [0, 0.1) is 5.92 Å². The predicted octanol–water partition coefficient (Wildman–Crippen LogP) is 3.23. The van der Waals surface area contributed by atoms with Gasteiger partial charge in [-0.2, -0.15) is 0 Å². The van der Waals surface area contributed by atoms with Crippen LogP contribution in [0.3, 0.4) is 0 Å². The maximum absolute atomic E-state index is 12.1. The highest BCUT2D eigenvalue weighted by atomic mass is 35.5. The van der Waals surface area contributed by atoms with Crippen LogP contribution in [-0.2, 0) is 0 Å². The van der Waals surface area contributed by atoms with E-state index in [9.17, 15) is 4.79 Å². The van der Waals surface area contributed by atoms with E-state index in [1.165, 1.54) is 12.8 Å². The third-order valence-electron chi connectivity index (χ3n) is 3.40. The summed E-state index contributed by atoms with van der Waals surface area (Å²) in [5.74, 6) is 0.747. The van der Waals surface area contributed by atoms with Gasteiger partial charge in [-0.15, -0.1) is 0 Å². The number of rotatable bonds is 5. The minimum Gasteiger partial charge on any atom is -0.398 e. The van der Waals surface area contributed by atoms with Gasteiger partial charge in [-0.3, -0.25) is 4.79 Å². The van der Waals surface area contributed by atoms with Crippen LogP contribution < -0.4 is 11.1 Å². The van der Waals surface area contributed by atoms with E-state index in [0.29, 0.717) is 16.3 Å². The first-order valence-corrected chi connectivity index (χ1v) is 6.83. The molecule has 1 saturated carbocycles. The maximum atomic E-state index is 12.1. The van der Waals surface area contributed by atoms with Crippen LogP contribution in [0.2, 0.25) is 5.02 Å². The number of nitrogens with one attached hydrogen (secondary N) is 1. The molecule has 1 aromatic rings. The molecular weight excluding hydrogens is 248 g/mol. The number of benzene rings is 1. The van der Waals surface area contributed by atoms with Gasteiger partial charge in [-0.1, -0.05) is 31.4 Å². The molecule has 1 aromatic carbocycles. The van der Waals surface area contributed by atoms with Gasteiger partial charge in [-0.05, 0) is 37.0 Å². The van der Waals surface area contributed by atoms with Crippen LogP contribution in [0.4, 0.5) is 5.69 Å². The van der Waals surface area contributed by atoms with Crippen LogP contribution in [0.5, 0.6) is 0 Å². The topological polar surface area (TPSA) is 55.1 Å². The summed E-state index contributed by atoms with van der Waals surface area (Å²) < 4.78 is 0. The van der Waals surface area contributed by atoms with E-state index in [1.807, 2.05) is 0 Å². The molecule has 3 nitrogen and oxygen atoms in total. The standard InChI is InChI=1S/C14H19ClN2O/c1-2-11(7-9-3-4-9)17-14(18)10-5-6-12(15)13(16)8-10/h5-6,8-9,11H,2-4,7,16H2,1H3,(H,17,18). The second-order valence-electron chi connectivity index (χ2n) is 4.99. The lowest BCUT2D eigenvalue weighted by Crippen LogP contribution is -2.34. The van der Waals surface area contributed by atoms with Gasteiger partial charge in [0.05, 0.1) is 10.7 Å². The van der Waals surface area contributed by atoms with Gasteiger partial charge in [0.1, 0.15) is 0 Å². The molecule has 2 rings (SSSR count). The van der Waals surface area contributed by atoms with Crippen molar-refractivity contribution in [3.05, 3.63) is 28.8 Å². The van der Waals surface area contributed by atoms with E-state index < -0.39 is 0 Å². The van der Waals surface area contributed by atoms with E-state index in [4.69, 9.17) is 17.3 Å². The summed E-state index contributed by atoms with van der Waals surface area (Å²) in [4.78, 5) is 12.1. The Labute approximate surface area is 113 Å². The van der Waals surface area contributed by atoms with Gasteiger partial charge in [-0.25, -0.2) is 0 Å². The Kier molecular flexibility index (Phi) is 4.12. The van der Waals surface area contributed by atoms with E-state index in [2.05, 4.69) is 12.2 Å². The number of halogens is 1. The summed E-state index contributed by atoms with van der Waals surface area (Å²) in [6.07, 6.45) is 4.66. The molecule has 0 saturated heterocycles. The molecule has 1 fully saturated rings. The smallest absolute Gasteiger partial charge is 0.251 e. The van der Waals surface area contributed by atoms with E-state index in [-0.39, 0.29) is 11.9 Å². The van der Waals surface area contributed by atoms with Gasteiger partial charge < -0.3 is 11.1 Å². The first-order valence-electron chi connectivity index (χ1n) is 6.46. The molecule has 1 amide bonds.